The van der Waals surface area contributed by atoms with Crippen molar-refractivity contribution in [2.24, 2.45) is 10.9 Å². The van der Waals surface area contributed by atoms with Gasteiger partial charge in [-0.15, -0.1) is 0 Å². The summed E-state index contributed by atoms with van der Waals surface area (Å²) in [6.07, 6.45) is 2.65. The number of piperidine rings is 1. The third kappa shape index (κ3) is 5.37. The number of nitrogens with one attached hydrogen (secondary N) is 1. The van der Waals surface area contributed by atoms with E-state index in [1.807, 2.05) is 0 Å². The van der Waals surface area contributed by atoms with E-state index < -0.39 is 0 Å². The van der Waals surface area contributed by atoms with Crippen molar-refractivity contribution in [3.8, 4) is 0 Å². The molecule has 1 atom stereocenters. The lowest BCUT2D eigenvalue weighted by atomic mass is 9.99. The predicted molar refractivity (Wildman–Crippen MR) is 94.3 cm³/mol. The Kier molecular flexibility index (Phi) is 6.23. The monoisotopic (exact) mass is 312 g/mol. The van der Waals surface area contributed by atoms with Crippen LogP contribution in [-0.4, -0.2) is 72.6 Å². The normalized spacial score (nSPS) is 27.7. The molecule has 0 aromatic carbocycles. The van der Waals surface area contributed by atoms with Gasteiger partial charge in [0.2, 0.25) is 0 Å². The lowest BCUT2D eigenvalue weighted by Crippen LogP contribution is -2.51. The predicted octanol–water partition coefficient (Wildman–Crippen LogP) is 2.12. The molecule has 4 nitrogen and oxygen atoms in total. The molecule has 2 rings (SSSR count). The number of aliphatic imine (C=N–C) groups is 1. The van der Waals surface area contributed by atoms with E-state index >= 15 is 0 Å². The highest BCUT2D eigenvalue weighted by atomic mass is 32.2. The Bertz CT molecular complexity index is 356. The maximum atomic E-state index is 4.96. The second-order valence-corrected chi connectivity index (χ2v) is 8.80. The van der Waals surface area contributed by atoms with Gasteiger partial charge in [-0.1, -0.05) is 0 Å². The number of hydrogen-bond donors (Lipinski definition) is 1. The quantitative estimate of drug-likeness (QED) is 0.639. The zero-order valence-corrected chi connectivity index (χ0v) is 15.0. The van der Waals surface area contributed by atoms with E-state index in [0.717, 1.165) is 38.1 Å². The van der Waals surface area contributed by atoms with E-state index in [2.05, 4.69) is 54.7 Å². The molecule has 2 saturated heterocycles. The van der Waals surface area contributed by atoms with Gasteiger partial charge in [0.15, 0.2) is 5.96 Å². The Labute approximate surface area is 134 Å². The summed E-state index contributed by atoms with van der Waals surface area (Å²) in [7, 11) is 2.23. The first kappa shape index (κ1) is 16.9. The molecule has 1 N–H and O–H groups in total. The highest BCUT2D eigenvalue weighted by molar-refractivity contribution is 8.00. The minimum Gasteiger partial charge on any atom is -0.357 e. The third-order valence-electron chi connectivity index (χ3n) is 4.28. The van der Waals surface area contributed by atoms with Crippen LogP contribution in [0.1, 0.15) is 33.6 Å². The summed E-state index contributed by atoms with van der Waals surface area (Å²) >= 11 is 2.07. The van der Waals surface area contributed by atoms with Crippen LogP contribution in [0.25, 0.3) is 0 Å². The van der Waals surface area contributed by atoms with Crippen LogP contribution in [0.15, 0.2) is 4.99 Å². The maximum Gasteiger partial charge on any atom is 0.193 e. The average molecular weight is 313 g/mol. The smallest absolute Gasteiger partial charge is 0.193 e. The molecule has 0 radical (unpaired) electrons. The topological polar surface area (TPSA) is 30.9 Å². The standard InChI is InChI=1S/C16H32N4S/c1-5-17-15(20-9-10-21-16(2,3)13-20)18-11-14-7-6-8-19(4)12-14/h14H,5-13H2,1-4H3,(H,17,18). The summed E-state index contributed by atoms with van der Waals surface area (Å²) < 4.78 is 0.333. The highest BCUT2D eigenvalue weighted by Gasteiger charge is 2.28. The van der Waals surface area contributed by atoms with Crippen LogP contribution in [0, 0.1) is 5.92 Å². The SMILES string of the molecule is CCNC(=NCC1CCCN(C)C1)N1CCSC(C)(C)C1. The molecule has 0 bridgehead atoms. The zero-order chi connectivity index (χ0) is 15.3. The molecule has 2 aliphatic heterocycles. The average Bonchev–Trinajstić information content (AvgIpc) is 2.42. The Hall–Kier alpha value is -0.420. The lowest BCUT2D eigenvalue weighted by Gasteiger charge is -2.39. The van der Waals surface area contributed by atoms with E-state index in [1.54, 1.807) is 0 Å². The fraction of sp³-hybridized carbons (Fsp3) is 0.938. The second kappa shape index (κ2) is 7.73. The van der Waals surface area contributed by atoms with E-state index in [9.17, 15) is 0 Å². The van der Waals surface area contributed by atoms with Gasteiger partial charge in [0.25, 0.3) is 0 Å². The molecule has 21 heavy (non-hydrogen) atoms. The highest BCUT2D eigenvalue weighted by Crippen LogP contribution is 2.29. The maximum absolute atomic E-state index is 4.96. The van der Waals surface area contributed by atoms with Crippen molar-refractivity contribution >= 4 is 17.7 Å². The van der Waals surface area contributed by atoms with E-state index in [0.29, 0.717) is 4.75 Å². The number of nitrogens with zero attached hydrogens (tertiary/aromatic N) is 3. The van der Waals surface area contributed by atoms with E-state index in [1.165, 1.54) is 31.7 Å². The molecule has 2 heterocycles. The van der Waals surface area contributed by atoms with Crippen molar-refractivity contribution < 1.29 is 0 Å². The first-order chi connectivity index (χ1) is 10.00. The summed E-state index contributed by atoms with van der Waals surface area (Å²) in [6, 6.07) is 0. The van der Waals surface area contributed by atoms with Gasteiger partial charge in [-0.2, -0.15) is 11.8 Å². The Morgan fingerprint density at radius 2 is 2.19 bits per heavy atom. The minimum atomic E-state index is 0.333. The number of thioether (sulfide) groups is 1. The third-order valence-corrected chi connectivity index (χ3v) is 5.58. The van der Waals surface area contributed by atoms with Gasteiger partial charge in [-0.25, -0.2) is 0 Å². The van der Waals surface area contributed by atoms with Crippen LogP contribution in [0.3, 0.4) is 0 Å². The van der Waals surface area contributed by atoms with Crippen LogP contribution >= 0.6 is 11.8 Å². The Morgan fingerprint density at radius 1 is 1.38 bits per heavy atom. The molecule has 0 spiro atoms. The minimum absolute atomic E-state index is 0.333. The van der Waals surface area contributed by atoms with Crippen molar-refractivity contribution in [3.63, 3.8) is 0 Å². The summed E-state index contributed by atoms with van der Waals surface area (Å²) in [5, 5.41) is 3.49. The fourth-order valence-corrected chi connectivity index (χ4v) is 4.37. The fourth-order valence-electron chi connectivity index (χ4n) is 3.26. The second-order valence-electron chi connectivity index (χ2n) is 6.99. The van der Waals surface area contributed by atoms with Crippen molar-refractivity contribution in [3.05, 3.63) is 0 Å². The van der Waals surface area contributed by atoms with Gasteiger partial charge in [-0.05, 0) is 53.1 Å². The largest absolute Gasteiger partial charge is 0.357 e. The van der Waals surface area contributed by atoms with Crippen LogP contribution in [0.5, 0.6) is 0 Å². The first-order valence-corrected chi connectivity index (χ1v) is 9.34. The van der Waals surface area contributed by atoms with Gasteiger partial charge in [-0.3, -0.25) is 4.99 Å². The van der Waals surface area contributed by atoms with Gasteiger partial charge in [0.1, 0.15) is 0 Å². The molecule has 0 amide bonds. The summed E-state index contributed by atoms with van der Waals surface area (Å²) in [6.45, 7) is 13.4. The molecule has 5 heteroatoms. The van der Waals surface area contributed by atoms with Crippen molar-refractivity contribution in [2.75, 3.05) is 52.1 Å². The number of likely N-dealkylation sites (tertiary alicyclic amines) is 1. The molecule has 2 fully saturated rings. The van der Waals surface area contributed by atoms with Gasteiger partial charge >= 0.3 is 0 Å². The van der Waals surface area contributed by atoms with E-state index in [-0.39, 0.29) is 0 Å². The summed E-state index contributed by atoms with van der Waals surface area (Å²) in [5.74, 6) is 3.05. The summed E-state index contributed by atoms with van der Waals surface area (Å²) in [5.41, 5.74) is 0. The van der Waals surface area contributed by atoms with Crippen LogP contribution in [0.4, 0.5) is 0 Å². The number of guanidine groups is 1. The number of rotatable bonds is 3. The zero-order valence-electron chi connectivity index (χ0n) is 14.2. The molecule has 0 aromatic rings. The van der Waals surface area contributed by atoms with Crippen LogP contribution in [0.2, 0.25) is 0 Å². The van der Waals surface area contributed by atoms with Crippen LogP contribution < -0.4 is 5.32 Å². The first-order valence-electron chi connectivity index (χ1n) is 8.36. The molecular formula is C16H32N4S. The number of hydrogen-bond acceptors (Lipinski definition) is 3. The van der Waals surface area contributed by atoms with Gasteiger partial charge < -0.3 is 15.1 Å². The van der Waals surface area contributed by atoms with Gasteiger partial charge in [0, 0.05) is 43.2 Å². The molecule has 122 valence electrons. The molecule has 2 aliphatic rings. The lowest BCUT2D eigenvalue weighted by molar-refractivity contribution is 0.214. The molecule has 0 aliphatic carbocycles. The van der Waals surface area contributed by atoms with E-state index in [4.69, 9.17) is 4.99 Å². The van der Waals surface area contributed by atoms with Crippen molar-refractivity contribution in [2.45, 2.75) is 38.4 Å². The molecule has 1 unspecified atom stereocenters. The summed E-state index contributed by atoms with van der Waals surface area (Å²) in [4.78, 5) is 9.85. The van der Waals surface area contributed by atoms with Gasteiger partial charge in [0.05, 0.1) is 0 Å². The van der Waals surface area contributed by atoms with Crippen LogP contribution in [-0.2, 0) is 0 Å². The Morgan fingerprint density at radius 3 is 2.86 bits per heavy atom. The molecular weight excluding hydrogens is 280 g/mol. The van der Waals surface area contributed by atoms with Crippen molar-refractivity contribution in [1.29, 1.82) is 0 Å². The van der Waals surface area contributed by atoms with Crippen molar-refractivity contribution in [1.82, 2.24) is 15.1 Å². The molecule has 0 aromatic heterocycles. The Balaban J connectivity index is 1.95. The molecule has 0 saturated carbocycles.